The zero-order chi connectivity index (χ0) is 53.6. The molecular weight excluding hydrogens is 911 g/mol. The van der Waals surface area contributed by atoms with Crippen molar-refractivity contribution in [2.24, 2.45) is 0 Å². The number of hydrogen-bond acceptors (Lipinski definition) is 5. The number of rotatable bonds is 63. The van der Waals surface area contributed by atoms with Crippen LogP contribution in [0.4, 0.5) is 0 Å². The predicted molar refractivity (Wildman–Crippen MR) is 324 cm³/mol. The Morgan fingerprint density at radius 3 is 1.00 bits per heavy atom. The molecule has 3 N–H and O–H groups in total. The summed E-state index contributed by atoms with van der Waals surface area (Å²) in [5.74, 6) is -0.0514. The normalized spacial score (nSPS) is 12.6. The van der Waals surface area contributed by atoms with Gasteiger partial charge in [0.2, 0.25) is 5.91 Å². The van der Waals surface area contributed by atoms with Crippen molar-refractivity contribution in [2.45, 2.75) is 386 Å². The predicted octanol–water partition coefficient (Wildman–Crippen LogP) is 21.4. The van der Waals surface area contributed by atoms with Crippen LogP contribution < -0.4 is 5.32 Å². The van der Waals surface area contributed by atoms with Crippen LogP contribution in [0.25, 0.3) is 0 Å². The molecule has 2 atom stereocenters. The quantitative estimate of drug-likeness (QED) is 0.0320. The van der Waals surface area contributed by atoms with Crippen LogP contribution in [0.15, 0.2) is 24.3 Å². The average molecular weight is 1040 g/mol. The molecule has 0 aliphatic carbocycles. The van der Waals surface area contributed by atoms with Crippen molar-refractivity contribution in [3.63, 3.8) is 0 Å². The Hall–Kier alpha value is -1.66. The maximum atomic E-state index is 12.4. The molecule has 6 nitrogen and oxygen atoms in total. The summed E-state index contributed by atoms with van der Waals surface area (Å²) in [5.41, 5.74) is 0. The lowest BCUT2D eigenvalue weighted by atomic mass is 10.0. The van der Waals surface area contributed by atoms with Crippen LogP contribution in [-0.2, 0) is 14.3 Å². The Morgan fingerprint density at radius 2 is 0.649 bits per heavy atom. The molecule has 1 amide bonds. The van der Waals surface area contributed by atoms with Crippen molar-refractivity contribution in [3.05, 3.63) is 24.3 Å². The molecule has 0 aliphatic rings. The minimum atomic E-state index is -0.837. The van der Waals surface area contributed by atoms with Crippen molar-refractivity contribution < 1.29 is 24.5 Å². The van der Waals surface area contributed by atoms with Crippen LogP contribution in [-0.4, -0.2) is 47.4 Å². The Kier molecular flexibility index (Phi) is 62.4. The second-order valence-electron chi connectivity index (χ2n) is 23.2. The molecule has 0 aromatic rings. The van der Waals surface area contributed by atoms with E-state index in [-0.39, 0.29) is 18.5 Å². The van der Waals surface area contributed by atoms with Gasteiger partial charge in [0, 0.05) is 12.8 Å². The second kappa shape index (κ2) is 63.9. The minimum absolute atomic E-state index is 0.0122. The maximum Gasteiger partial charge on any atom is 0.305 e. The summed E-state index contributed by atoms with van der Waals surface area (Å²) in [5, 5.41) is 23.0. The van der Waals surface area contributed by atoms with Crippen LogP contribution in [0.3, 0.4) is 0 Å². The topological polar surface area (TPSA) is 95.9 Å². The van der Waals surface area contributed by atoms with Gasteiger partial charge in [-0.2, -0.15) is 0 Å². The molecule has 0 bridgehead atoms. The third-order valence-electron chi connectivity index (χ3n) is 15.7. The van der Waals surface area contributed by atoms with Crippen LogP contribution in [0.1, 0.15) is 373 Å². The lowest BCUT2D eigenvalue weighted by molar-refractivity contribution is -0.143. The molecule has 0 spiro atoms. The molecule has 0 aliphatic heterocycles. The molecule has 0 saturated heterocycles. The van der Waals surface area contributed by atoms with E-state index in [1.807, 2.05) is 6.08 Å². The number of aliphatic hydroxyl groups is 2. The lowest BCUT2D eigenvalue weighted by Crippen LogP contribution is -2.45. The summed E-state index contributed by atoms with van der Waals surface area (Å²) in [6.07, 6.45) is 80.0. The number of carbonyl (C=O) groups is 2. The van der Waals surface area contributed by atoms with E-state index >= 15 is 0 Å². The van der Waals surface area contributed by atoms with E-state index in [0.717, 1.165) is 44.9 Å². The Bertz CT molecular complexity index is 1150. The summed E-state index contributed by atoms with van der Waals surface area (Å²) in [7, 11) is 0. The minimum Gasteiger partial charge on any atom is -0.466 e. The molecule has 0 aromatic heterocycles. The van der Waals surface area contributed by atoms with Gasteiger partial charge in [0.05, 0.1) is 25.4 Å². The summed E-state index contributed by atoms with van der Waals surface area (Å²) in [4.78, 5) is 24.4. The highest BCUT2D eigenvalue weighted by Gasteiger charge is 2.18. The van der Waals surface area contributed by atoms with E-state index in [1.54, 1.807) is 6.08 Å². The first-order chi connectivity index (χ1) is 36.5. The van der Waals surface area contributed by atoms with Gasteiger partial charge in [0.1, 0.15) is 0 Å². The molecule has 0 rings (SSSR count). The van der Waals surface area contributed by atoms with E-state index in [9.17, 15) is 19.8 Å². The highest BCUT2D eigenvalue weighted by Crippen LogP contribution is 2.19. The fourth-order valence-electron chi connectivity index (χ4n) is 10.6. The highest BCUT2D eigenvalue weighted by atomic mass is 16.5. The van der Waals surface area contributed by atoms with E-state index in [4.69, 9.17) is 4.74 Å². The number of unbranched alkanes of at least 4 members (excludes halogenated alkanes) is 50. The first-order valence-corrected chi connectivity index (χ1v) is 33.6. The van der Waals surface area contributed by atoms with Crippen molar-refractivity contribution in [1.29, 1.82) is 0 Å². The summed E-state index contributed by atoms with van der Waals surface area (Å²) in [6, 6.07) is -0.620. The molecule has 74 heavy (non-hydrogen) atoms. The van der Waals surface area contributed by atoms with E-state index < -0.39 is 12.1 Å². The lowest BCUT2D eigenvalue weighted by Gasteiger charge is -2.20. The molecule has 0 saturated carbocycles. The van der Waals surface area contributed by atoms with E-state index in [2.05, 4.69) is 31.3 Å². The summed E-state index contributed by atoms with van der Waals surface area (Å²) in [6.45, 7) is 4.86. The van der Waals surface area contributed by atoms with Gasteiger partial charge < -0.3 is 20.3 Å². The fraction of sp³-hybridized carbons (Fsp3) is 0.912. The van der Waals surface area contributed by atoms with Crippen LogP contribution >= 0.6 is 0 Å². The third-order valence-corrected chi connectivity index (χ3v) is 15.7. The average Bonchev–Trinajstić information content (AvgIpc) is 3.40. The van der Waals surface area contributed by atoms with Gasteiger partial charge >= 0.3 is 5.97 Å². The molecular formula is C68H131NO5. The Morgan fingerprint density at radius 1 is 0.365 bits per heavy atom. The summed E-state index contributed by atoms with van der Waals surface area (Å²) < 4.78 is 5.47. The van der Waals surface area contributed by atoms with Gasteiger partial charge in [-0.3, -0.25) is 9.59 Å². The standard InChI is InChI=1S/C68H131NO5/c1-3-5-7-9-11-13-41-46-50-54-58-62-68(73)74-63-59-55-51-47-43-40-38-36-34-32-30-28-26-24-22-20-18-16-14-15-17-19-21-23-25-27-29-31-33-35-37-39-42-45-49-53-57-61-67(72)69-65(64-70)66(71)60-56-52-48-44-12-10-8-6-4-2/h9,11,56,60,65-66,70-71H,3-8,10,12-55,57-59,61-64H2,1-2H3,(H,69,72)/b11-9-,60-56+. The number of aliphatic hydroxyl groups excluding tert-OH is 2. The van der Waals surface area contributed by atoms with Crippen LogP contribution in [0.2, 0.25) is 0 Å². The fourth-order valence-corrected chi connectivity index (χ4v) is 10.6. The van der Waals surface area contributed by atoms with Crippen LogP contribution in [0, 0.1) is 0 Å². The number of nitrogens with one attached hydrogen (secondary N) is 1. The molecule has 6 heteroatoms. The molecule has 0 radical (unpaired) electrons. The van der Waals surface area contributed by atoms with Crippen molar-refractivity contribution in [3.8, 4) is 0 Å². The van der Waals surface area contributed by atoms with Gasteiger partial charge in [0.25, 0.3) is 0 Å². The smallest absolute Gasteiger partial charge is 0.305 e. The number of ether oxygens (including phenoxy) is 1. The van der Waals surface area contributed by atoms with Gasteiger partial charge in [-0.1, -0.05) is 334 Å². The zero-order valence-corrected chi connectivity index (χ0v) is 50.1. The largest absolute Gasteiger partial charge is 0.466 e. The van der Waals surface area contributed by atoms with Gasteiger partial charge in [-0.15, -0.1) is 0 Å². The number of amides is 1. The van der Waals surface area contributed by atoms with E-state index in [1.165, 1.54) is 302 Å². The van der Waals surface area contributed by atoms with Crippen LogP contribution in [0.5, 0.6) is 0 Å². The number of hydrogen-bond donors (Lipinski definition) is 3. The zero-order valence-electron chi connectivity index (χ0n) is 50.1. The van der Waals surface area contributed by atoms with Gasteiger partial charge in [-0.25, -0.2) is 0 Å². The number of esters is 1. The third kappa shape index (κ3) is 59.6. The Labute approximate surface area is 462 Å². The number of allylic oxidation sites excluding steroid dienone is 3. The number of carbonyl (C=O) groups excluding carboxylic acids is 2. The molecule has 2 unspecified atom stereocenters. The monoisotopic (exact) mass is 1040 g/mol. The Balaban J connectivity index is 3.27. The molecule has 0 aromatic carbocycles. The maximum absolute atomic E-state index is 12.4. The van der Waals surface area contributed by atoms with Crippen molar-refractivity contribution in [2.75, 3.05) is 13.2 Å². The second-order valence-corrected chi connectivity index (χ2v) is 23.2. The van der Waals surface area contributed by atoms with Gasteiger partial charge in [-0.05, 0) is 51.4 Å². The van der Waals surface area contributed by atoms with Gasteiger partial charge in [0.15, 0.2) is 0 Å². The SMILES string of the molecule is CCCC/C=C\CCCCCCCC(=O)OCCCCCCCCCCCCCCCCCCCCCCCCCCCCCCCCCCCCCCCC(=O)NC(CO)C(O)/C=C/CCCCCCCCC. The summed E-state index contributed by atoms with van der Waals surface area (Å²) >= 11 is 0. The van der Waals surface area contributed by atoms with Crippen molar-refractivity contribution in [1.82, 2.24) is 5.32 Å². The highest BCUT2D eigenvalue weighted by molar-refractivity contribution is 5.76. The molecule has 0 heterocycles. The van der Waals surface area contributed by atoms with E-state index in [0.29, 0.717) is 19.4 Å². The molecule has 0 fully saturated rings. The first kappa shape index (κ1) is 72.3. The molecule has 438 valence electrons. The first-order valence-electron chi connectivity index (χ1n) is 33.6. The van der Waals surface area contributed by atoms with Crippen molar-refractivity contribution >= 4 is 11.9 Å².